The summed E-state index contributed by atoms with van der Waals surface area (Å²) in [5.74, 6) is 0. The van der Waals surface area contributed by atoms with Gasteiger partial charge in [-0.2, -0.15) is 10.2 Å². The highest BCUT2D eigenvalue weighted by Crippen LogP contribution is 2.16. The highest BCUT2D eigenvalue weighted by atomic mass is 127. The molecule has 0 aliphatic carbocycles. The summed E-state index contributed by atoms with van der Waals surface area (Å²) in [5.41, 5.74) is 3.37. The molecule has 0 saturated heterocycles. The summed E-state index contributed by atoms with van der Waals surface area (Å²) in [6.45, 7) is 9.26. The molecule has 5 heteroatoms. The molecule has 2 aromatic heterocycles. The van der Waals surface area contributed by atoms with Crippen LogP contribution in [-0.2, 0) is 6.54 Å². The summed E-state index contributed by atoms with van der Waals surface area (Å²) >= 11 is 2.35. The van der Waals surface area contributed by atoms with Crippen molar-refractivity contribution in [1.29, 1.82) is 0 Å². The number of aromatic nitrogens is 4. The van der Waals surface area contributed by atoms with Gasteiger partial charge in [0.05, 0.1) is 21.5 Å². The highest BCUT2D eigenvalue weighted by Gasteiger charge is 2.11. The summed E-state index contributed by atoms with van der Waals surface area (Å²) in [4.78, 5) is 0. The molecule has 1 unspecified atom stereocenters. The van der Waals surface area contributed by atoms with Crippen LogP contribution in [0.1, 0.15) is 43.4 Å². The fraction of sp³-hybridized carbons (Fsp3) is 0.538. The van der Waals surface area contributed by atoms with E-state index >= 15 is 0 Å². The molecule has 2 rings (SSSR count). The Labute approximate surface area is 122 Å². The zero-order chi connectivity index (χ0) is 13.3. The topological polar surface area (TPSA) is 35.6 Å². The number of nitrogens with zero attached hydrogens (tertiary/aromatic N) is 4. The van der Waals surface area contributed by atoms with Gasteiger partial charge < -0.3 is 0 Å². The molecule has 0 spiro atoms. The molecular formula is C13H19IN4. The maximum absolute atomic E-state index is 4.61. The van der Waals surface area contributed by atoms with Crippen LogP contribution >= 0.6 is 22.6 Å². The smallest absolute Gasteiger partial charge is 0.0853 e. The first kappa shape index (κ1) is 13.6. The van der Waals surface area contributed by atoms with E-state index in [4.69, 9.17) is 0 Å². The van der Waals surface area contributed by atoms with E-state index in [1.165, 1.54) is 9.26 Å². The van der Waals surface area contributed by atoms with Gasteiger partial charge in [0.25, 0.3) is 0 Å². The molecule has 0 amide bonds. The number of hydrogen-bond donors (Lipinski definition) is 0. The summed E-state index contributed by atoms with van der Waals surface area (Å²) in [6.07, 6.45) is 3.15. The average Bonchev–Trinajstić information content (AvgIpc) is 2.91. The van der Waals surface area contributed by atoms with E-state index in [0.717, 1.165) is 24.4 Å². The van der Waals surface area contributed by atoms with Crippen LogP contribution in [0.3, 0.4) is 0 Å². The van der Waals surface area contributed by atoms with Crippen LogP contribution in [0, 0.1) is 17.4 Å². The van der Waals surface area contributed by atoms with Gasteiger partial charge in [-0.1, -0.05) is 6.92 Å². The Kier molecular flexibility index (Phi) is 4.09. The first-order valence-electron chi connectivity index (χ1n) is 6.26. The summed E-state index contributed by atoms with van der Waals surface area (Å²) < 4.78 is 5.31. The normalized spacial score (nSPS) is 12.9. The van der Waals surface area contributed by atoms with Crippen LogP contribution in [-0.4, -0.2) is 19.6 Å². The van der Waals surface area contributed by atoms with E-state index in [2.05, 4.69) is 65.8 Å². The first-order valence-corrected chi connectivity index (χ1v) is 7.34. The van der Waals surface area contributed by atoms with Gasteiger partial charge in [-0.05, 0) is 55.8 Å². The number of halogens is 1. The third-order valence-corrected chi connectivity index (χ3v) is 4.87. The van der Waals surface area contributed by atoms with Gasteiger partial charge in [0, 0.05) is 17.9 Å². The molecule has 0 N–H and O–H groups in total. The Morgan fingerprint density at radius 3 is 2.61 bits per heavy atom. The van der Waals surface area contributed by atoms with Crippen molar-refractivity contribution in [2.24, 2.45) is 0 Å². The lowest BCUT2D eigenvalue weighted by Crippen LogP contribution is -2.08. The molecule has 0 bridgehead atoms. The molecule has 18 heavy (non-hydrogen) atoms. The zero-order valence-corrected chi connectivity index (χ0v) is 13.5. The Balaban J connectivity index is 2.19. The van der Waals surface area contributed by atoms with Crippen LogP contribution in [0.4, 0.5) is 0 Å². The average molecular weight is 358 g/mol. The van der Waals surface area contributed by atoms with Crippen molar-refractivity contribution in [1.82, 2.24) is 19.6 Å². The third-order valence-electron chi connectivity index (χ3n) is 3.31. The predicted molar refractivity (Wildman–Crippen MR) is 80.7 cm³/mol. The Morgan fingerprint density at radius 2 is 2.06 bits per heavy atom. The Hall–Kier alpha value is -0.850. The molecule has 2 heterocycles. The molecule has 0 aliphatic rings. The molecule has 4 nitrogen and oxygen atoms in total. The van der Waals surface area contributed by atoms with E-state index < -0.39 is 0 Å². The number of hydrogen-bond acceptors (Lipinski definition) is 2. The van der Waals surface area contributed by atoms with Gasteiger partial charge >= 0.3 is 0 Å². The van der Waals surface area contributed by atoms with Gasteiger partial charge in [-0.3, -0.25) is 9.36 Å². The highest BCUT2D eigenvalue weighted by molar-refractivity contribution is 14.1. The largest absolute Gasteiger partial charge is 0.270 e. The summed E-state index contributed by atoms with van der Waals surface area (Å²) in [7, 11) is 0. The van der Waals surface area contributed by atoms with E-state index in [0.29, 0.717) is 6.04 Å². The van der Waals surface area contributed by atoms with Crippen LogP contribution < -0.4 is 0 Å². The van der Waals surface area contributed by atoms with E-state index in [1.54, 1.807) is 0 Å². The van der Waals surface area contributed by atoms with E-state index in [9.17, 15) is 0 Å². The van der Waals surface area contributed by atoms with Crippen LogP contribution in [0.2, 0.25) is 0 Å². The van der Waals surface area contributed by atoms with Crippen molar-refractivity contribution in [3.05, 3.63) is 32.9 Å². The van der Waals surface area contributed by atoms with E-state index in [-0.39, 0.29) is 0 Å². The second-order valence-corrected chi connectivity index (χ2v) is 5.77. The lowest BCUT2D eigenvalue weighted by atomic mass is 10.3. The van der Waals surface area contributed by atoms with Crippen molar-refractivity contribution in [3.8, 4) is 0 Å². The molecule has 0 radical (unpaired) electrons. The lowest BCUT2D eigenvalue weighted by Gasteiger charge is -2.08. The molecule has 1 atom stereocenters. The summed E-state index contributed by atoms with van der Waals surface area (Å²) in [6, 6.07) is 2.54. The predicted octanol–water partition coefficient (Wildman–Crippen LogP) is 3.32. The maximum Gasteiger partial charge on any atom is 0.0853 e. The summed E-state index contributed by atoms with van der Waals surface area (Å²) in [5, 5.41) is 9.15. The third kappa shape index (κ3) is 2.60. The Bertz CT molecular complexity index is 541. The SMILES string of the molecule is CCC(C)n1ccc(Cn2nc(C)c(I)c2C)n1. The number of rotatable bonds is 4. The minimum Gasteiger partial charge on any atom is -0.270 e. The molecule has 0 aromatic carbocycles. The monoisotopic (exact) mass is 358 g/mol. The van der Waals surface area contributed by atoms with Crippen molar-refractivity contribution < 1.29 is 0 Å². The first-order chi connectivity index (χ1) is 8.52. The van der Waals surface area contributed by atoms with Crippen molar-refractivity contribution >= 4 is 22.6 Å². The van der Waals surface area contributed by atoms with Gasteiger partial charge in [-0.25, -0.2) is 0 Å². The maximum atomic E-state index is 4.61. The van der Waals surface area contributed by atoms with Crippen molar-refractivity contribution in [3.63, 3.8) is 0 Å². The van der Waals surface area contributed by atoms with Gasteiger partial charge in [0.15, 0.2) is 0 Å². The van der Waals surface area contributed by atoms with Crippen molar-refractivity contribution in [2.75, 3.05) is 0 Å². The van der Waals surface area contributed by atoms with E-state index in [1.807, 2.05) is 16.3 Å². The molecular weight excluding hydrogens is 339 g/mol. The second kappa shape index (κ2) is 5.42. The minimum atomic E-state index is 0.458. The van der Waals surface area contributed by atoms with Crippen LogP contribution in [0.25, 0.3) is 0 Å². The quantitative estimate of drug-likeness (QED) is 0.786. The van der Waals surface area contributed by atoms with Crippen LogP contribution in [0.5, 0.6) is 0 Å². The second-order valence-electron chi connectivity index (χ2n) is 4.69. The molecule has 0 saturated carbocycles. The number of aryl methyl sites for hydroxylation is 1. The zero-order valence-electron chi connectivity index (χ0n) is 11.3. The lowest BCUT2D eigenvalue weighted by molar-refractivity contribution is 0.470. The van der Waals surface area contributed by atoms with Gasteiger partial charge in [0.1, 0.15) is 0 Å². The Morgan fingerprint density at radius 1 is 1.33 bits per heavy atom. The minimum absolute atomic E-state index is 0.458. The fourth-order valence-corrected chi connectivity index (χ4v) is 2.26. The van der Waals surface area contributed by atoms with Crippen molar-refractivity contribution in [2.45, 2.75) is 46.7 Å². The fourth-order valence-electron chi connectivity index (χ4n) is 1.88. The molecule has 0 fully saturated rings. The molecule has 98 valence electrons. The molecule has 0 aliphatic heterocycles. The van der Waals surface area contributed by atoms with Crippen LogP contribution in [0.15, 0.2) is 12.3 Å². The van der Waals surface area contributed by atoms with Gasteiger partial charge in [-0.15, -0.1) is 0 Å². The van der Waals surface area contributed by atoms with Gasteiger partial charge in [0.2, 0.25) is 0 Å². The molecule has 2 aromatic rings. The standard InChI is InChI=1S/C13H19IN4/c1-5-9(2)17-7-6-12(16-17)8-18-11(4)13(14)10(3)15-18/h6-7,9H,5,8H2,1-4H3.